The molecule has 1 heterocycles. The van der Waals surface area contributed by atoms with Gasteiger partial charge in [-0.3, -0.25) is 4.99 Å². The number of piperidine rings is 1. The molecule has 0 atom stereocenters. The summed E-state index contributed by atoms with van der Waals surface area (Å²) in [6.07, 6.45) is 2.17. The Labute approximate surface area is 208 Å². The first-order chi connectivity index (χ1) is 15.0. The zero-order valence-electron chi connectivity index (χ0n) is 19.0. The van der Waals surface area contributed by atoms with E-state index in [0.717, 1.165) is 48.9 Å². The Bertz CT molecular complexity index is 850. The first kappa shape index (κ1) is 25.8. The van der Waals surface area contributed by atoms with E-state index in [1.54, 1.807) is 0 Å². The summed E-state index contributed by atoms with van der Waals surface area (Å²) in [7, 11) is 1.81. The number of hydrogen-bond donors (Lipinski definition) is 3. The van der Waals surface area contributed by atoms with Gasteiger partial charge in [0.15, 0.2) is 5.96 Å². The monoisotopic (exact) mass is 551 g/mol. The van der Waals surface area contributed by atoms with Crippen molar-refractivity contribution in [3.63, 3.8) is 0 Å². The van der Waals surface area contributed by atoms with Gasteiger partial charge in [-0.2, -0.15) is 0 Å². The van der Waals surface area contributed by atoms with E-state index in [2.05, 4.69) is 25.8 Å². The second kappa shape index (κ2) is 13.1. The minimum Gasteiger partial charge on any atom is -0.490 e. The van der Waals surface area contributed by atoms with Gasteiger partial charge >= 0.3 is 6.03 Å². The molecule has 0 saturated carbocycles. The lowest BCUT2D eigenvalue weighted by Gasteiger charge is -2.34. The van der Waals surface area contributed by atoms with Crippen LogP contribution in [0.1, 0.15) is 32.3 Å². The number of aliphatic imine (C=N–C) groups is 1. The van der Waals surface area contributed by atoms with Crippen molar-refractivity contribution in [1.29, 1.82) is 0 Å². The predicted molar refractivity (Wildman–Crippen MR) is 141 cm³/mol. The van der Waals surface area contributed by atoms with Crippen molar-refractivity contribution < 1.29 is 9.53 Å². The summed E-state index contributed by atoms with van der Waals surface area (Å²) in [5, 5.41) is 9.09. The zero-order chi connectivity index (χ0) is 22.1. The molecule has 0 aliphatic carbocycles. The molecule has 0 radical (unpaired) electrons. The summed E-state index contributed by atoms with van der Waals surface area (Å²) in [6, 6.07) is 17.7. The van der Waals surface area contributed by atoms with Gasteiger partial charge < -0.3 is 25.6 Å². The lowest BCUT2D eigenvalue weighted by Crippen LogP contribution is -2.47. The molecule has 0 aromatic heterocycles. The van der Waals surface area contributed by atoms with Gasteiger partial charge in [-0.25, -0.2) is 4.79 Å². The van der Waals surface area contributed by atoms with Gasteiger partial charge in [0.1, 0.15) is 11.9 Å². The standard InChI is InChI=1S/C24H33N5O2.HI/c1-18(2)27-24(30)28-20-11-9-19(10-12-20)17-26-23(25-3)29-15-13-22(14-16-29)31-21-7-5-4-6-8-21;/h4-12,18,22H,13-17H2,1-3H3,(H,25,26)(H2,27,28,30);1H. The normalized spacial score (nSPS) is 14.5. The number of nitrogens with zero attached hydrogens (tertiary/aromatic N) is 2. The Morgan fingerprint density at radius 2 is 1.75 bits per heavy atom. The molecular weight excluding hydrogens is 517 g/mol. The molecule has 7 nitrogen and oxygen atoms in total. The van der Waals surface area contributed by atoms with Crippen LogP contribution in [0.3, 0.4) is 0 Å². The van der Waals surface area contributed by atoms with Crippen molar-refractivity contribution in [2.24, 2.45) is 4.99 Å². The van der Waals surface area contributed by atoms with Gasteiger partial charge in [-0.05, 0) is 43.7 Å². The minimum absolute atomic E-state index is 0. The van der Waals surface area contributed by atoms with Gasteiger partial charge in [0.05, 0.1) is 0 Å². The number of carbonyl (C=O) groups excluding carboxylic acids is 1. The average Bonchev–Trinajstić information content (AvgIpc) is 2.76. The summed E-state index contributed by atoms with van der Waals surface area (Å²) < 4.78 is 6.08. The highest BCUT2D eigenvalue weighted by molar-refractivity contribution is 14.0. The summed E-state index contributed by atoms with van der Waals surface area (Å²) in [5.41, 5.74) is 1.89. The van der Waals surface area contributed by atoms with Gasteiger partial charge in [-0.1, -0.05) is 30.3 Å². The number of urea groups is 1. The molecule has 0 bridgehead atoms. The SMILES string of the molecule is CN=C(NCc1ccc(NC(=O)NC(C)C)cc1)N1CCC(Oc2ccccc2)CC1.I. The molecule has 1 aliphatic heterocycles. The number of rotatable bonds is 6. The summed E-state index contributed by atoms with van der Waals surface area (Å²) in [5.74, 6) is 1.83. The molecule has 174 valence electrons. The van der Waals surface area contributed by atoms with Crippen molar-refractivity contribution in [1.82, 2.24) is 15.5 Å². The summed E-state index contributed by atoms with van der Waals surface area (Å²) >= 11 is 0. The van der Waals surface area contributed by atoms with Crippen LogP contribution in [0.25, 0.3) is 0 Å². The molecule has 1 saturated heterocycles. The van der Waals surface area contributed by atoms with Gasteiger partial charge in [0.2, 0.25) is 0 Å². The third-order valence-corrected chi connectivity index (χ3v) is 5.08. The number of anilines is 1. The van der Waals surface area contributed by atoms with Crippen LogP contribution in [0.2, 0.25) is 0 Å². The molecule has 3 N–H and O–H groups in total. The molecule has 0 spiro atoms. The van der Waals surface area contributed by atoms with Gasteiger partial charge in [-0.15, -0.1) is 24.0 Å². The van der Waals surface area contributed by atoms with Crippen LogP contribution in [0.5, 0.6) is 5.75 Å². The Morgan fingerprint density at radius 3 is 2.34 bits per heavy atom. The van der Waals surface area contributed by atoms with Gasteiger partial charge in [0, 0.05) is 51.3 Å². The van der Waals surface area contributed by atoms with Crippen LogP contribution in [-0.4, -0.2) is 49.2 Å². The van der Waals surface area contributed by atoms with Crippen molar-refractivity contribution in [3.05, 3.63) is 60.2 Å². The number of para-hydroxylation sites is 1. The van der Waals surface area contributed by atoms with Crippen LogP contribution in [0.4, 0.5) is 10.5 Å². The summed E-state index contributed by atoms with van der Waals surface area (Å²) in [4.78, 5) is 18.5. The quantitative estimate of drug-likeness (QED) is 0.282. The Kier molecular flexibility index (Phi) is 10.6. The second-order valence-electron chi connectivity index (χ2n) is 7.97. The topological polar surface area (TPSA) is 78.0 Å². The van der Waals surface area contributed by atoms with Crippen LogP contribution in [-0.2, 0) is 6.54 Å². The van der Waals surface area contributed by atoms with Crippen molar-refractivity contribution in [3.8, 4) is 5.75 Å². The zero-order valence-corrected chi connectivity index (χ0v) is 21.3. The maximum atomic E-state index is 11.8. The summed E-state index contributed by atoms with van der Waals surface area (Å²) in [6.45, 7) is 6.35. The van der Waals surface area contributed by atoms with Crippen LogP contribution in [0, 0.1) is 0 Å². The minimum atomic E-state index is -0.194. The highest BCUT2D eigenvalue weighted by atomic mass is 127. The molecule has 8 heteroatoms. The van der Waals surface area contributed by atoms with Gasteiger partial charge in [0.25, 0.3) is 0 Å². The van der Waals surface area contributed by atoms with Crippen LogP contribution in [0.15, 0.2) is 59.6 Å². The van der Waals surface area contributed by atoms with E-state index in [1.807, 2.05) is 75.5 Å². The Morgan fingerprint density at radius 1 is 1.09 bits per heavy atom. The number of ether oxygens (including phenoxy) is 1. The highest BCUT2D eigenvalue weighted by Crippen LogP contribution is 2.19. The number of amides is 2. The number of halogens is 1. The van der Waals surface area contributed by atoms with Crippen molar-refractivity contribution in [2.45, 2.75) is 45.4 Å². The van der Waals surface area contributed by atoms with E-state index in [4.69, 9.17) is 4.74 Å². The number of likely N-dealkylation sites (tertiary alicyclic amines) is 1. The molecule has 2 amide bonds. The van der Waals surface area contributed by atoms with E-state index in [9.17, 15) is 4.79 Å². The number of guanidine groups is 1. The second-order valence-corrected chi connectivity index (χ2v) is 7.97. The molecule has 2 aromatic carbocycles. The molecule has 0 unspecified atom stereocenters. The van der Waals surface area contributed by atoms with Crippen LogP contribution >= 0.6 is 24.0 Å². The first-order valence-electron chi connectivity index (χ1n) is 10.9. The Hall–Kier alpha value is -2.49. The number of hydrogen-bond acceptors (Lipinski definition) is 3. The van der Waals surface area contributed by atoms with E-state index in [0.29, 0.717) is 6.54 Å². The maximum absolute atomic E-state index is 11.8. The molecule has 1 aliphatic rings. The fraction of sp³-hybridized carbons (Fsp3) is 0.417. The number of benzene rings is 2. The molecule has 32 heavy (non-hydrogen) atoms. The van der Waals surface area contributed by atoms with Crippen LogP contribution < -0.4 is 20.7 Å². The maximum Gasteiger partial charge on any atom is 0.319 e. The molecular formula is C24H34IN5O2. The molecule has 1 fully saturated rings. The van der Waals surface area contributed by atoms with Crippen molar-refractivity contribution >= 4 is 41.7 Å². The largest absolute Gasteiger partial charge is 0.490 e. The lowest BCUT2D eigenvalue weighted by molar-refractivity contribution is 0.129. The fourth-order valence-electron chi connectivity index (χ4n) is 3.53. The van der Waals surface area contributed by atoms with E-state index in [-0.39, 0.29) is 42.2 Å². The molecule has 3 rings (SSSR count). The average molecular weight is 551 g/mol. The van der Waals surface area contributed by atoms with Crippen molar-refractivity contribution in [2.75, 3.05) is 25.5 Å². The first-order valence-corrected chi connectivity index (χ1v) is 10.9. The Balaban J connectivity index is 0.00000363. The third kappa shape index (κ3) is 8.22. The smallest absolute Gasteiger partial charge is 0.319 e. The third-order valence-electron chi connectivity index (χ3n) is 5.08. The highest BCUT2D eigenvalue weighted by Gasteiger charge is 2.22. The predicted octanol–water partition coefficient (Wildman–Crippen LogP) is 4.45. The lowest BCUT2D eigenvalue weighted by atomic mass is 10.1. The van der Waals surface area contributed by atoms with E-state index in [1.165, 1.54) is 0 Å². The number of nitrogens with one attached hydrogen (secondary N) is 3. The fourth-order valence-corrected chi connectivity index (χ4v) is 3.53. The number of carbonyl (C=O) groups is 1. The van der Waals surface area contributed by atoms with E-state index < -0.39 is 0 Å². The molecule has 2 aromatic rings. The van der Waals surface area contributed by atoms with E-state index >= 15 is 0 Å².